The maximum Gasteiger partial charge on any atom is 0.262 e. The summed E-state index contributed by atoms with van der Waals surface area (Å²) in [6.07, 6.45) is 3.22. The van der Waals surface area contributed by atoms with Gasteiger partial charge in [-0.05, 0) is 37.1 Å². The minimum absolute atomic E-state index is 0.000152. The Balaban J connectivity index is 1.71. The van der Waals surface area contributed by atoms with Gasteiger partial charge in [0.25, 0.3) is 5.91 Å². The molecule has 25 heavy (non-hydrogen) atoms. The summed E-state index contributed by atoms with van der Waals surface area (Å²) in [5.41, 5.74) is 0.246. The van der Waals surface area contributed by atoms with Crippen molar-refractivity contribution >= 4 is 12.0 Å². The predicted molar refractivity (Wildman–Crippen MR) is 89.7 cm³/mol. The first-order valence-corrected chi connectivity index (χ1v) is 8.03. The second-order valence-corrected chi connectivity index (χ2v) is 5.70. The molecule has 1 aromatic heterocycles. The third kappa shape index (κ3) is 4.14. The molecule has 0 unspecified atom stereocenters. The lowest BCUT2D eigenvalue weighted by Crippen LogP contribution is -2.32. The van der Waals surface area contributed by atoms with Gasteiger partial charge in [0, 0.05) is 19.2 Å². The summed E-state index contributed by atoms with van der Waals surface area (Å²) in [5, 5.41) is 11.9. The fourth-order valence-electron chi connectivity index (χ4n) is 2.63. The predicted octanol–water partition coefficient (Wildman–Crippen LogP) is 3.29. The quantitative estimate of drug-likeness (QED) is 0.669. The fourth-order valence-corrected chi connectivity index (χ4v) is 2.63. The first-order valence-electron chi connectivity index (χ1n) is 8.03. The Kier molecular flexibility index (Phi) is 5.26. The zero-order chi connectivity index (χ0) is 17.6. The number of halogens is 1. The number of amides is 1. The monoisotopic (exact) mass is 340 g/mol. The molecule has 0 spiro atoms. The molecule has 2 heterocycles. The van der Waals surface area contributed by atoms with Crippen molar-refractivity contribution in [2.24, 2.45) is 0 Å². The summed E-state index contributed by atoms with van der Waals surface area (Å²) >= 11 is 0. The van der Waals surface area contributed by atoms with Gasteiger partial charge in [0.05, 0.1) is 11.7 Å². The van der Waals surface area contributed by atoms with E-state index in [0.717, 1.165) is 12.8 Å². The largest absolute Gasteiger partial charge is 0.457 e. The van der Waals surface area contributed by atoms with Crippen LogP contribution in [0, 0.1) is 17.1 Å². The van der Waals surface area contributed by atoms with E-state index < -0.39 is 11.7 Å². The van der Waals surface area contributed by atoms with Crippen molar-refractivity contribution < 1.29 is 18.3 Å². The van der Waals surface area contributed by atoms with Crippen LogP contribution in [0.4, 0.5) is 4.39 Å². The molecule has 0 bridgehead atoms. The van der Waals surface area contributed by atoms with Crippen molar-refractivity contribution in [1.82, 2.24) is 5.32 Å². The van der Waals surface area contributed by atoms with Gasteiger partial charge >= 0.3 is 0 Å². The highest BCUT2D eigenvalue weighted by atomic mass is 19.1. The molecule has 3 rings (SSSR count). The number of benzene rings is 1. The standard InChI is InChI=1S/C19H17FN2O3/c20-17-6-2-1-5-16(17)18-8-7-14(25-18)10-13(11-21)19(23)22-12-15-4-3-9-24-15/h1-2,5-8,10,15H,3-4,9,12H2,(H,22,23)/b13-10+/t15-/m0/s1. The van der Waals surface area contributed by atoms with Crippen LogP contribution in [0.15, 0.2) is 46.4 Å². The van der Waals surface area contributed by atoms with E-state index in [1.165, 1.54) is 12.1 Å². The van der Waals surface area contributed by atoms with Crippen LogP contribution >= 0.6 is 0 Å². The number of nitrogens with one attached hydrogen (secondary N) is 1. The molecule has 5 nitrogen and oxygen atoms in total. The van der Waals surface area contributed by atoms with Crippen molar-refractivity contribution in [2.45, 2.75) is 18.9 Å². The van der Waals surface area contributed by atoms with E-state index in [0.29, 0.717) is 30.2 Å². The van der Waals surface area contributed by atoms with Crippen molar-refractivity contribution in [3.63, 3.8) is 0 Å². The van der Waals surface area contributed by atoms with E-state index >= 15 is 0 Å². The van der Waals surface area contributed by atoms with Crippen molar-refractivity contribution in [3.05, 3.63) is 53.5 Å². The fraction of sp³-hybridized carbons (Fsp3) is 0.263. The second-order valence-electron chi connectivity index (χ2n) is 5.70. The third-order valence-corrected chi connectivity index (χ3v) is 3.93. The van der Waals surface area contributed by atoms with Gasteiger partial charge in [-0.1, -0.05) is 12.1 Å². The Hall–Kier alpha value is -2.91. The Morgan fingerprint density at radius 1 is 1.36 bits per heavy atom. The minimum Gasteiger partial charge on any atom is -0.457 e. The summed E-state index contributed by atoms with van der Waals surface area (Å²) in [4.78, 5) is 12.1. The zero-order valence-corrected chi connectivity index (χ0v) is 13.5. The van der Waals surface area contributed by atoms with Crippen LogP contribution in [0.25, 0.3) is 17.4 Å². The lowest BCUT2D eigenvalue weighted by atomic mass is 10.1. The highest BCUT2D eigenvalue weighted by Gasteiger charge is 2.18. The molecule has 0 saturated carbocycles. The molecule has 1 N–H and O–H groups in total. The summed E-state index contributed by atoms with van der Waals surface area (Å²) in [5.74, 6) is -0.243. The van der Waals surface area contributed by atoms with E-state index in [4.69, 9.17) is 9.15 Å². The van der Waals surface area contributed by atoms with E-state index in [-0.39, 0.29) is 11.7 Å². The van der Waals surface area contributed by atoms with E-state index in [1.54, 1.807) is 30.3 Å². The topological polar surface area (TPSA) is 75.3 Å². The van der Waals surface area contributed by atoms with Crippen molar-refractivity contribution in [1.29, 1.82) is 5.26 Å². The van der Waals surface area contributed by atoms with Crippen molar-refractivity contribution in [3.8, 4) is 17.4 Å². The average molecular weight is 340 g/mol. The number of furan rings is 1. The summed E-state index contributed by atoms with van der Waals surface area (Å²) in [6, 6.07) is 11.3. The van der Waals surface area contributed by atoms with Gasteiger partial charge in [-0.3, -0.25) is 4.79 Å². The summed E-state index contributed by atoms with van der Waals surface area (Å²) in [6.45, 7) is 1.07. The number of carbonyl (C=O) groups is 1. The number of nitrogens with zero attached hydrogens (tertiary/aromatic N) is 1. The molecule has 128 valence electrons. The number of rotatable bonds is 5. The number of nitriles is 1. The first kappa shape index (κ1) is 16.9. The second kappa shape index (κ2) is 7.77. The van der Waals surface area contributed by atoms with Gasteiger partial charge in [-0.25, -0.2) is 4.39 Å². The Labute approximate surface area is 144 Å². The smallest absolute Gasteiger partial charge is 0.262 e. The number of ether oxygens (including phenoxy) is 1. The van der Waals surface area contributed by atoms with Crippen LogP contribution < -0.4 is 5.32 Å². The molecule has 1 amide bonds. The molecule has 0 radical (unpaired) electrons. The molecule has 0 aliphatic carbocycles. The van der Waals surface area contributed by atoms with Crippen molar-refractivity contribution in [2.75, 3.05) is 13.2 Å². The number of carbonyl (C=O) groups excluding carboxylic acids is 1. The highest BCUT2D eigenvalue weighted by molar-refractivity contribution is 6.01. The first-order chi connectivity index (χ1) is 12.2. The van der Waals surface area contributed by atoms with Gasteiger partial charge in [0.2, 0.25) is 0 Å². The normalized spacial score (nSPS) is 17.3. The van der Waals surface area contributed by atoms with Crippen LogP contribution in [-0.4, -0.2) is 25.2 Å². The van der Waals surface area contributed by atoms with E-state index in [9.17, 15) is 14.4 Å². The minimum atomic E-state index is -0.484. The molecular weight excluding hydrogens is 323 g/mol. The summed E-state index contributed by atoms with van der Waals surface area (Å²) < 4.78 is 24.8. The molecular formula is C19H17FN2O3. The molecule has 1 aliphatic heterocycles. The Morgan fingerprint density at radius 2 is 2.20 bits per heavy atom. The van der Waals surface area contributed by atoms with Gasteiger partial charge < -0.3 is 14.5 Å². The molecule has 1 fully saturated rings. The van der Waals surface area contributed by atoms with E-state index in [2.05, 4.69) is 5.32 Å². The molecule has 2 aromatic rings. The number of hydrogen-bond donors (Lipinski definition) is 1. The molecule has 1 atom stereocenters. The molecule has 1 aliphatic rings. The van der Waals surface area contributed by atoms with Crippen LogP contribution in [0.5, 0.6) is 0 Å². The highest BCUT2D eigenvalue weighted by Crippen LogP contribution is 2.25. The third-order valence-electron chi connectivity index (χ3n) is 3.93. The molecule has 1 saturated heterocycles. The summed E-state index contributed by atoms with van der Waals surface area (Å²) in [7, 11) is 0. The van der Waals surface area contributed by atoms with Crippen LogP contribution in [0.1, 0.15) is 18.6 Å². The van der Waals surface area contributed by atoms with Crippen LogP contribution in [-0.2, 0) is 9.53 Å². The van der Waals surface area contributed by atoms with Gasteiger partial charge in [0.15, 0.2) is 0 Å². The number of hydrogen-bond acceptors (Lipinski definition) is 4. The maximum atomic E-state index is 13.8. The zero-order valence-electron chi connectivity index (χ0n) is 13.5. The molecule has 1 aromatic carbocycles. The SMILES string of the molecule is N#C/C(=C\c1ccc(-c2ccccc2F)o1)C(=O)NC[C@@H]1CCCO1. The maximum absolute atomic E-state index is 13.8. The van der Waals surface area contributed by atoms with Crippen LogP contribution in [0.2, 0.25) is 0 Å². The van der Waals surface area contributed by atoms with Gasteiger partial charge in [0.1, 0.15) is 29.0 Å². The average Bonchev–Trinajstić information content (AvgIpc) is 3.30. The van der Waals surface area contributed by atoms with Gasteiger partial charge in [-0.15, -0.1) is 0 Å². The molecule has 6 heteroatoms. The van der Waals surface area contributed by atoms with Crippen LogP contribution in [0.3, 0.4) is 0 Å². The lowest BCUT2D eigenvalue weighted by Gasteiger charge is -2.09. The Bertz CT molecular complexity index is 829. The van der Waals surface area contributed by atoms with Gasteiger partial charge in [-0.2, -0.15) is 5.26 Å². The lowest BCUT2D eigenvalue weighted by molar-refractivity contribution is -0.117. The van der Waals surface area contributed by atoms with E-state index in [1.807, 2.05) is 6.07 Å². The Morgan fingerprint density at radius 3 is 2.92 bits per heavy atom.